The molecule has 0 aromatic rings. The molecule has 11 rings (SSSR count). The van der Waals surface area contributed by atoms with E-state index in [-0.39, 0.29) is 36.5 Å². The summed E-state index contributed by atoms with van der Waals surface area (Å²) in [6, 6.07) is 0. The molecule has 540 valence electrons. The van der Waals surface area contributed by atoms with Crippen LogP contribution in [0.1, 0.15) is 107 Å². The Hall–Kier alpha value is -1.95. The van der Waals surface area contributed by atoms with Crippen molar-refractivity contribution in [3.05, 3.63) is 11.6 Å². The normalized spacial score (nSPS) is 56.1. The fourth-order valence-corrected chi connectivity index (χ4v) is 18.8. The molecule has 11 aliphatic rings. The molecule has 18 N–H and O–H groups in total. The smallest absolute Gasteiger partial charge is 0.317 e. The highest BCUT2D eigenvalue weighted by Gasteiger charge is 2.73. The maximum absolute atomic E-state index is 15.5. The van der Waals surface area contributed by atoms with Gasteiger partial charge in [0.1, 0.15) is 115 Å². The Morgan fingerprint density at radius 3 is 1.71 bits per heavy atom. The van der Waals surface area contributed by atoms with Gasteiger partial charge in [0.2, 0.25) is 6.29 Å². The van der Waals surface area contributed by atoms with Gasteiger partial charge in [-0.15, -0.1) is 0 Å². The number of aliphatic hydroxyl groups excluding tert-OH is 18. The van der Waals surface area contributed by atoms with Crippen LogP contribution in [0, 0.1) is 50.2 Å². The summed E-state index contributed by atoms with van der Waals surface area (Å²) in [6.07, 6.45) is -43.3. The number of fused-ring (bicyclic) bond motifs is 7. The molecule has 6 aliphatic heterocycles. The quantitative estimate of drug-likeness (QED) is 0.0438. The van der Waals surface area contributed by atoms with E-state index >= 15 is 4.79 Å². The van der Waals surface area contributed by atoms with Crippen molar-refractivity contribution in [3.8, 4) is 0 Å². The van der Waals surface area contributed by atoms with Gasteiger partial charge in [0.05, 0.1) is 63.6 Å². The van der Waals surface area contributed by atoms with Gasteiger partial charge in [-0.25, -0.2) is 0 Å². The number of carbonyl (C=O) groups excluding carboxylic acids is 1. The standard InChI is InChI=1S/C63H102O31/c1-23-35(71)39(75)42(78)53(86-23)90-47-30(69)21-84-52(44(47)80)89-46-24(2)87-54(43(79)40(46)76)92-49-37(73)29(68)20-85-56(49)94-57(82)63-14-13-58(3,4)15-26(63)25-9-10-33-59(5)16-27(66)50(60(6,22-65)32(59)11-12-61(33,7)62(25,8)17-34(63)70)93-55-45(81)48(38(74)31(18-64)88-55)91-51-41(77)36(72)28(67)19-83-51/h9,23-24,26-56,64-81H,10-22H2,1-8H3. The Bertz CT molecular complexity index is 2660. The highest BCUT2D eigenvalue weighted by atomic mass is 16.8. The molecule has 31 heteroatoms. The average Bonchev–Trinajstić information content (AvgIpc) is 0.670. The monoisotopic (exact) mass is 1350 g/mol. The molecule has 0 radical (unpaired) electrons. The predicted molar refractivity (Wildman–Crippen MR) is 311 cm³/mol. The summed E-state index contributed by atoms with van der Waals surface area (Å²) in [7, 11) is 0. The Kier molecular flexibility index (Phi) is 21.1. The first-order valence-electron chi connectivity index (χ1n) is 33.1. The van der Waals surface area contributed by atoms with Crippen molar-refractivity contribution in [1.82, 2.24) is 0 Å². The lowest BCUT2D eigenvalue weighted by Gasteiger charge is -2.72. The minimum Gasteiger partial charge on any atom is -0.432 e. The summed E-state index contributed by atoms with van der Waals surface area (Å²) >= 11 is 0. The van der Waals surface area contributed by atoms with E-state index in [0.717, 1.165) is 5.57 Å². The minimum absolute atomic E-state index is 0.0855. The van der Waals surface area contributed by atoms with Gasteiger partial charge in [-0.3, -0.25) is 4.79 Å². The van der Waals surface area contributed by atoms with Gasteiger partial charge in [0.25, 0.3) is 0 Å². The molecule has 6 heterocycles. The maximum Gasteiger partial charge on any atom is 0.317 e. The Labute approximate surface area is 543 Å². The third-order valence-corrected chi connectivity index (χ3v) is 24.5. The van der Waals surface area contributed by atoms with Crippen molar-refractivity contribution in [1.29, 1.82) is 0 Å². The highest BCUT2D eigenvalue weighted by Crippen LogP contribution is 2.76. The van der Waals surface area contributed by atoms with Gasteiger partial charge in [0.15, 0.2) is 37.6 Å². The SMILES string of the molecule is CC1OC(OC2C(O)COC(OC3C(C)OC(OC4C(OC(=O)C56CCC(C)(C)CC5C5=CCC7C8(C)CC(O)C(OC9OC(CO)C(O)C(OC%10OCC(O)C(O)C%10O)C9O)C(C)(CO)C8CCC7(C)C5(C)CC6O)OCC(O)C4O)C(O)C3O)C2O)C(O)C(O)C1O. The van der Waals surface area contributed by atoms with E-state index in [1.54, 1.807) is 6.92 Å². The topological polar surface area (TPSA) is 492 Å². The molecule has 6 saturated heterocycles. The molecular formula is C63H102O31. The molecule has 31 nitrogen and oxygen atoms in total. The van der Waals surface area contributed by atoms with E-state index in [0.29, 0.717) is 32.1 Å². The van der Waals surface area contributed by atoms with Crippen molar-refractivity contribution >= 4 is 5.97 Å². The van der Waals surface area contributed by atoms with Gasteiger partial charge < -0.3 is 149 Å². The van der Waals surface area contributed by atoms with Gasteiger partial charge in [-0.2, -0.15) is 0 Å². The highest BCUT2D eigenvalue weighted by molar-refractivity contribution is 5.80. The van der Waals surface area contributed by atoms with Crippen LogP contribution in [0.15, 0.2) is 11.6 Å². The first-order valence-corrected chi connectivity index (χ1v) is 33.1. The second-order valence-electron chi connectivity index (χ2n) is 30.6. The number of ether oxygens (including phenoxy) is 12. The predicted octanol–water partition coefficient (Wildman–Crippen LogP) is -5.50. The van der Waals surface area contributed by atoms with Crippen molar-refractivity contribution in [2.24, 2.45) is 50.2 Å². The molecule has 4 saturated carbocycles. The Morgan fingerprint density at radius 1 is 0.500 bits per heavy atom. The number of carbonyl (C=O) groups is 1. The lowest BCUT2D eigenvalue weighted by molar-refractivity contribution is -0.377. The molecule has 0 spiro atoms. The zero-order chi connectivity index (χ0) is 68.6. The Morgan fingerprint density at radius 2 is 1.05 bits per heavy atom. The fourth-order valence-electron chi connectivity index (χ4n) is 18.8. The largest absolute Gasteiger partial charge is 0.432 e. The summed E-state index contributed by atoms with van der Waals surface area (Å²) in [5.74, 6) is -2.05. The second-order valence-corrected chi connectivity index (χ2v) is 30.6. The van der Waals surface area contributed by atoms with E-state index < -0.39 is 256 Å². The molecule has 94 heavy (non-hydrogen) atoms. The molecule has 10 fully saturated rings. The summed E-state index contributed by atoms with van der Waals surface area (Å²) in [5, 5.41) is 200. The molecule has 38 unspecified atom stereocenters. The van der Waals surface area contributed by atoms with Crippen LogP contribution in [0.25, 0.3) is 0 Å². The van der Waals surface area contributed by atoms with Crippen LogP contribution in [0.5, 0.6) is 0 Å². The molecule has 5 aliphatic carbocycles. The van der Waals surface area contributed by atoms with Gasteiger partial charge >= 0.3 is 5.97 Å². The van der Waals surface area contributed by atoms with Crippen LogP contribution < -0.4 is 0 Å². The summed E-state index contributed by atoms with van der Waals surface area (Å²) < 4.78 is 70.7. The Balaban J connectivity index is 0.795. The molecule has 0 amide bonds. The number of aliphatic hydroxyl groups is 18. The van der Waals surface area contributed by atoms with Crippen LogP contribution in [-0.4, -0.2) is 315 Å². The molecule has 0 aromatic carbocycles. The lowest BCUT2D eigenvalue weighted by atomic mass is 9.33. The van der Waals surface area contributed by atoms with E-state index in [1.807, 2.05) is 0 Å². The molecular weight excluding hydrogens is 1250 g/mol. The van der Waals surface area contributed by atoms with Crippen molar-refractivity contribution in [2.75, 3.05) is 33.0 Å². The number of allylic oxidation sites excluding steroid dienone is 2. The van der Waals surface area contributed by atoms with E-state index in [1.165, 1.54) is 13.8 Å². The van der Waals surface area contributed by atoms with Crippen molar-refractivity contribution in [2.45, 2.75) is 291 Å². The van der Waals surface area contributed by atoms with E-state index in [2.05, 4.69) is 40.7 Å². The van der Waals surface area contributed by atoms with E-state index in [9.17, 15) is 91.9 Å². The number of esters is 1. The minimum atomic E-state index is -2.00. The molecule has 0 aromatic heterocycles. The number of rotatable bonds is 14. The third-order valence-electron chi connectivity index (χ3n) is 24.5. The van der Waals surface area contributed by atoms with Gasteiger partial charge in [0, 0.05) is 5.41 Å². The number of hydrogen-bond donors (Lipinski definition) is 18. The van der Waals surface area contributed by atoms with Crippen LogP contribution >= 0.6 is 0 Å². The first kappa shape index (κ1) is 73.3. The van der Waals surface area contributed by atoms with Crippen molar-refractivity contribution < 1.29 is 154 Å². The zero-order valence-electron chi connectivity index (χ0n) is 54.2. The molecule has 38 atom stereocenters. The fraction of sp³-hybridized carbons (Fsp3) is 0.952. The third kappa shape index (κ3) is 12.2. The van der Waals surface area contributed by atoms with Gasteiger partial charge in [-0.1, -0.05) is 53.2 Å². The van der Waals surface area contributed by atoms with Gasteiger partial charge in [-0.05, 0) is 105 Å². The van der Waals surface area contributed by atoms with Crippen LogP contribution in [0.3, 0.4) is 0 Å². The lowest BCUT2D eigenvalue weighted by Crippen LogP contribution is -2.71. The summed E-state index contributed by atoms with van der Waals surface area (Å²) in [4.78, 5) is 15.5. The summed E-state index contributed by atoms with van der Waals surface area (Å²) in [6.45, 7) is 12.5. The first-order chi connectivity index (χ1) is 44.0. The zero-order valence-corrected chi connectivity index (χ0v) is 54.2. The second kappa shape index (κ2) is 27.1. The van der Waals surface area contributed by atoms with Crippen LogP contribution in [0.2, 0.25) is 0 Å². The maximum atomic E-state index is 15.5. The van der Waals surface area contributed by atoms with Crippen LogP contribution in [-0.2, 0) is 61.6 Å². The average molecular weight is 1360 g/mol. The molecule has 0 bridgehead atoms. The van der Waals surface area contributed by atoms with Crippen molar-refractivity contribution in [3.63, 3.8) is 0 Å². The van der Waals surface area contributed by atoms with Crippen LogP contribution in [0.4, 0.5) is 0 Å². The summed E-state index contributed by atoms with van der Waals surface area (Å²) in [5.41, 5.74) is -4.38. The van der Waals surface area contributed by atoms with E-state index in [4.69, 9.17) is 56.8 Å². The number of hydrogen-bond acceptors (Lipinski definition) is 31.